The van der Waals surface area contributed by atoms with E-state index in [-0.39, 0.29) is 17.5 Å². The highest BCUT2D eigenvalue weighted by Crippen LogP contribution is 2.18. The summed E-state index contributed by atoms with van der Waals surface area (Å²) < 4.78 is 5.17. The molecule has 6 nitrogen and oxygen atoms in total. The number of aromatic nitrogens is 1. The predicted octanol–water partition coefficient (Wildman–Crippen LogP) is 2.45. The number of benzene rings is 1. The Morgan fingerprint density at radius 1 is 1.39 bits per heavy atom. The molecule has 2 aromatic rings. The van der Waals surface area contributed by atoms with E-state index in [2.05, 4.69) is 22.9 Å². The van der Waals surface area contributed by atoms with Crippen LogP contribution in [0.15, 0.2) is 36.5 Å². The van der Waals surface area contributed by atoms with Crippen molar-refractivity contribution in [3.05, 3.63) is 47.8 Å². The van der Waals surface area contributed by atoms with Gasteiger partial charge in [0, 0.05) is 11.9 Å². The average molecular weight is 334 g/mol. The number of carboxylic acid groups (broad SMARTS) is 1. The van der Waals surface area contributed by atoms with Crippen molar-refractivity contribution in [2.75, 3.05) is 18.2 Å². The molecule has 0 radical (unpaired) electrons. The summed E-state index contributed by atoms with van der Waals surface area (Å²) in [5.74, 6) is -0.517. The molecule has 2 rings (SSSR count). The fourth-order valence-corrected chi connectivity index (χ4v) is 2.45. The Balaban J connectivity index is 2.03. The highest BCUT2D eigenvalue weighted by atomic mass is 32.1. The van der Waals surface area contributed by atoms with Crippen LogP contribution in [0.1, 0.15) is 16.1 Å². The van der Waals surface area contributed by atoms with Gasteiger partial charge in [-0.2, -0.15) is 12.6 Å². The standard InChI is InChI=1S/C16H18N2O4S/c1-22-13-4-2-3-10(6-13)5-11(9-23)15(19)18-12-7-14(16(20)21)17-8-12/h2-4,6-8,11,17,23H,5,9H2,1H3,(H,18,19)(H,20,21). The van der Waals surface area contributed by atoms with E-state index in [1.165, 1.54) is 12.3 Å². The van der Waals surface area contributed by atoms with Crippen molar-refractivity contribution < 1.29 is 19.4 Å². The van der Waals surface area contributed by atoms with Crippen LogP contribution in [0.3, 0.4) is 0 Å². The van der Waals surface area contributed by atoms with E-state index < -0.39 is 5.97 Å². The van der Waals surface area contributed by atoms with E-state index in [1.54, 1.807) is 7.11 Å². The molecule has 0 spiro atoms. The smallest absolute Gasteiger partial charge is 0.352 e. The van der Waals surface area contributed by atoms with Gasteiger partial charge in [-0.15, -0.1) is 0 Å². The van der Waals surface area contributed by atoms with E-state index in [4.69, 9.17) is 9.84 Å². The number of methoxy groups -OCH3 is 1. The van der Waals surface area contributed by atoms with Gasteiger partial charge in [-0.3, -0.25) is 4.79 Å². The van der Waals surface area contributed by atoms with Crippen molar-refractivity contribution in [2.45, 2.75) is 6.42 Å². The number of ether oxygens (including phenoxy) is 1. The minimum Gasteiger partial charge on any atom is -0.497 e. The van der Waals surface area contributed by atoms with E-state index in [9.17, 15) is 9.59 Å². The molecule has 0 aliphatic carbocycles. The molecular weight excluding hydrogens is 316 g/mol. The number of aromatic amines is 1. The number of amides is 1. The monoisotopic (exact) mass is 334 g/mol. The number of hydrogen-bond donors (Lipinski definition) is 4. The zero-order valence-corrected chi connectivity index (χ0v) is 13.5. The molecule has 3 N–H and O–H groups in total. The number of carbonyl (C=O) groups excluding carboxylic acids is 1. The van der Waals surface area contributed by atoms with Crippen molar-refractivity contribution in [1.82, 2.24) is 4.98 Å². The number of aromatic carboxylic acids is 1. The van der Waals surface area contributed by atoms with Crippen molar-refractivity contribution in [2.24, 2.45) is 5.92 Å². The first-order valence-electron chi connectivity index (χ1n) is 7.00. The maximum atomic E-state index is 12.3. The summed E-state index contributed by atoms with van der Waals surface area (Å²) in [6, 6.07) is 8.88. The van der Waals surface area contributed by atoms with Crippen LogP contribution in [-0.4, -0.2) is 34.8 Å². The van der Waals surface area contributed by atoms with Crippen LogP contribution in [0.2, 0.25) is 0 Å². The third-order valence-corrected chi connectivity index (χ3v) is 3.83. The Morgan fingerprint density at radius 3 is 2.78 bits per heavy atom. The molecule has 1 aromatic carbocycles. The van der Waals surface area contributed by atoms with Crippen molar-refractivity contribution >= 4 is 30.2 Å². The van der Waals surface area contributed by atoms with Gasteiger partial charge >= 0.3 is 5.97 Å². The zero-order valence-electron chi connectivity index (χ0n) is 12.6. The molecule has 1 aromatic heterocycles. The SMILES string of the molecule is COc1cccc(CC(CS)C(=O)Nc2c[nH]c(C(=O)O)c2)c1. The molecule has 0 bridgehead atoms. The Kier molecular flexibility index (Phi) is 5.70. The first-order valence-corrected chi connectivity index (χ1v) is 7.63. The predicted molar refractivity (Wildman–Crippen MR) is 90.4 cm³/mol. The molecule has 23 heavy (non-hydrogen) atoms. The molecule has 0 aliphatic rings. The third kappa shape index (κ3) is 4.53. The van der Waals surface area contributed by atoms with Gasteiger partial charge in [0.25, 0.3) is 0 Å². The molecular formula is C16H18N2O4S. The van der Waals surface area contributed by atoms with Gasteiger partial charge < -0.3 is 20.1 Å². The van der Waals surface area contributed by atoms with Crippen LogP contribution in [0.25, 0.3) is 0 Å². The number of carboxylic acids is 1. The van der Waals surface area contributed by atoms with Crippen LogP contribution in [0, 0.1) is 5.92 Å². The van der Waals surface area contributed by atoms with Gasteiger partial charge in [0.15, 0.2) is 0 Å². The van der Waals surface area contributed by atoms with Gasteiger partial charge in [0.1, 0.15) is 11.4 Å². The van der Waals surface area contributed by atoms with Gasteiger partial charge in [0.2, 0.25) is 5.91 Å². The lowest BCUT2D eigenvalue weighted by Gasteiger charge is -2.14. The molecule has 7 heteroatoms. The Bertz CT molecular complexity index is 699. The lowest BCUT2D eigenvalue weighted by atomic mass is 10.00. The molecule has 0 saturated heterocycles. The van der Waals surface area contributed by atoms with Crippen LogP contribution in [0.4, 0.5) is 5.69 Å². The van der Waals surface area contributed by atoms with E-state index >= 15 is 0 Å². The third-order valence-electron chi connectivity index (χ3n) is 3.39. The Morgan fingerprint density at radius 2 is 2.17 bits per heavy atom. The number of carbonyl (C=O) groups is 2. The molecule has 1 heterocycles. The molecule has 0 fully saturated rings. The summed E-state index contributed by atoms with van der Waals surface area (Å²) in [5.41, 5.74) is 1.42. The molecule has 122 valence electrons. The second kappa shape index (κ2) is 7.73. The first kappa shape index (κ1) is 17.0. The van der Waals surface area contributed by atoms with Crippen molar-refractivity contribution in [3.8, 4) is 5.75 Å². The number of hydrogen-bond acceptors (Lipinski definition) is 4. The van der Waals surface area contributed by atoms with Crippen LogP contribution < -0.4 is 10.1 Å². The minimum atomic E-state index is -1.08. The molecule has 1 amide bonds. The molecule has 0 aliphatic heterocycles. The lowest BCUT2D eigenvalue weighted by molar-refractivity contribution is -0.119. The fourth-order valence-electron chi connectivity index (χ4n) is 2.16. The highest BCUT2D eigenvalue weighted by Gasteiger charge is 2.19. The van der Waals surface area contributed by atoms with Gasteiger partial charge in [-0.1, -0.05) is 12.1 Å². The number of H-pyrrole nitrogens is 1. The summed E-state index contributed by atoms with van der Waals surface area (Å²) >= 11 is 4.24. The van der Waals surface area contributed by atoms with E-state index in [1.807, 2.05) is 24.3 Å². The Labute approximate surface area is 139 Å². The lowest BCUT2D eigenvalue weighted by Crippen LogP contribution is -2.25. The van der Waals surface area contributed by atoms with E-state index in [0.717, 1.165) is 11.3 Å². The number of nitrogens with one attached hydrogen (secondary N) is 2. The quantitative estimate of drug-likeness (QED) is 0.585. The van der Waals surface area contributed by atoms with Gasteiger partial charge in [0.05, 0.1) is 18.7 Å². The summed E-state index contributed by atoms with van der Waals surface area (Å²) in [7, 11) is 1.59. The molecule has 1 atom stereocenters. The molecule has 0 saturated carbocycles. The maximum absolute atomic E-state index is 12.3. The second-order valence-corrected chi connectivity index (χ2v) is 5.40. The minimum absolute atomic E-state index is 0.0236. The first-order chi connectivity index (χ1) is 11.0. The normalized spacial score (nSPS) is 11.7. The van der Waals surface area contributed by atoms with E-state index in [0.29, 0.717) is 17.9 Å². The zero-order chi connectivity index (χ0) is 16.8. The molecule has 1 unspecified atom stereocenters. The largest absolute Gasteiger partial charge is 0.497 e. The average Bonchev–Trinajstić information content (AvgIpc) is 3.01. The van der Waals surface area contributed by atoms with Crippen LogP contribution in [0.5, 0.6) is 5.75 Å². The van der Waals surface area contributed by atoms with Crippen molar-refractivity contribution in [1.29, 1.82) is 0 Å². The second-order valence-electron chi connectivity index (χ2n) is 5.03. The van der Waals surface area contributed by atoms with Gasteiger partial charge in [-0.25, -0.2) is 4.79 Å². The number of anilines is 1. The summed E-state index contributed by atoms with van der Waals surface area (Å²) in [4.78, 5) is 25.7. The van der Waals surface area contributed by atoms with Gasteiger partial charge in [-0.05, 0) is 30.2 Å². The van der Waals surface area contributed by atoms with Crippen LogP contribution in [-0.2, 0) is 11.2 Å². The van der Waals surface area contributed by atoms with Crippen LogP contribution >= 0.6 is 12.6 Å². The Hall–Kier alpha value is -2.41. The topological polar surface area (TPSA) is 91.4 Å². The fraction of sp³-hybridized carbons (Fsp3) is 0.250. The maximum Gasteiger partial charge on any atom is 0.352 e. The summed E-state index contributed by atoms with van der Waals surface area (Å²) in [5, 5.41) is 11.6. The summed E-state index contributed by atoms with van der Waals surface area (Å²) in [6.45, 7) is 0. The highest BCUT2D eigenvalue weighted by molar-refractivity contribution is 7.80. The number of thiol groups is 1. The number of rotatable bonds is 7. The summed E-state index contributed by atoms with van der Waals surface area (Å²) in [6.07, 6.45) is 1.96. The van der Waals surface area contributed by atoms with Crippen molar-refractivity contribution in [3.63, 3.8) is 0 Å².